The summed E-state index contributed by atoms with van der Waals surface area (Å²) < 4.78 is 62.6. The summed E-state index contributed by atoms with van der Waals surface area (Å²) in [6, 6.07) is 0. The lowest BCUT2D eigenvalue weighted by Crippen LogP contribution is -2.46. The number of hydrogen-bond acceptors (Lipinski definition) is 4. The Morgan fingerprint density at radius 3 is 2.53 bits per heavy atom. The van der Waals surface area contributed by atoms with Gasteiger partial charge in [-0.25, -0.2) is 8.42 Å². The highest BCUT2D eigenvalue weighted by molar-refractivity contribution is 7.89. The van der Waals surface area contributed by atoms with E-state index in [4.69, 9.17) is 0 Å². The van der Waals surface area contributed by atoms with Crippen molar-refractivity contribution in [2.24, 2.45) is 0 Å². The number of halogens is 3. The summed E-state index contributed by atoms with van der Waals surface area (Å²) in [5, 5.41) is 6.44. The maximum absolute atomic E-state index is 12.2. The third-order valence-electron chi connectivity index (χ3n) is 2.66. The Hall–Kier alpha value is -1.13. The molecule has 6 nitrogen and oxygen atoms in total. The third kappa shape index (κ3) is 3.45. The Bertz CT molecular complexity index is 534. The van der Waals surface area contributed by atoms with Crippen molar-refractivity contribution in [3.8, 4) is 0 Å². The summed E-state index contributed by atoms with van der Waals surface area (Å²) in [4.78, 5) is -0.210. The molecule has 108 valence electrons. The van der Waals surface area contributed by atoms with E-state index in [0.29, 0.717) is 30.9 Å². The molecule has 1 aromatic rings. The van der Waals surface area contributed by atoms with E-state index in [1.807, 2.05) is 0 Å². The first-order chi connectivity index (χ1) is 8.79. The highest BCUT2D eigenvalue weighted by Gasteiger charge is 2.31. The van der Waals surface area contributed by atoms with Crippen LogP contribution in [-0.4, -0.2) is 54.9 Å². The zero-order valence-electron chi connectivity index (χ0n) is 9.89. The number of nitrogens with one attached hydrogen (secondary N) is 1. The number of alkyl halides is 3. The smallest absolute Gasteiger partial charge is 0.314 e. The maximum Gasteiger partial charge on any atom is 0.408 e. The molecule has 10 heteroatoms. The standard InChI is InChI=1S/C9H13F3N4O2S/c10-9(11,12)7-15-6-8(5-14-15)19(17,18)16-3-1-13-2-4-16/h5-6,13H,1-4,7H2. The van der Waals surface area contributed by atoms with Crippen molar-refractivity contribution in [3.05, 3.63) is 12.4 Å². The monoisotopic (exact) mass is 298 g/mol. The predicted molar refractivity (Wildman–Crippen MR) is 59.9 cm³/mol. The van der Waals surface area contributed by atoms with Crippen molar-refractivity contribution in [1.82, 2.24) is 19.4 Å². The van der Waals surface area contributed by atoms with Crippen molar-refractivity contribution < 1.29 is 21.6 Å². The molecule has 0 atom stereocenters. The van der Waals surface area contributed by atoms with Gasteiger partial charge < -0.3 is 5.32 Å². The number of rotatable bonds is 3. The lowest BCUT2D eigenvalue weighted by molar-refractivity contribution is -0.142. The van der Waals surface area contributed by atoms with Gasteiger partial charge in [0.25, 0.3) is 0 Å². The second-order valence-electron chi connectivity index (χ2n) is 4.14. The molecule has 0 saturated carbocycles. The van der Waals surface area contributed by atoms with E-state index in [-0.39, 0.29) is 4.90 Å². The minimum atomic E-state index is -4.43. The molecule has 19 heavy (non-hydrogen) atoms. The van der Waals surface area contributed by atoms with Crippen LogP contribution < -0.4 is 5.32 Å². The Balaban J connectivity index is 2.17. The fourth-order valence-corrected chi connectivity index (χ4v) is 3.18. The highest BCUT2D eigenvalue weighted by Crippen LogP contribution is 2.19. The molecule has 1 aliphatic rings. The molecular formula is C9H13F3N4O2S. The van der Waals surface area contributed by atoms with Crippen LogP contribution in [0.25, 0.3) is 0 Å². The topological polar surface area (TPSA) is 67.2 Å². The molecular weight excluding hydrogens is 285 g/mol. The van der Waals surface area contributed by atoms with Crippen LogP contribution in [0.1, 0.15) is 0 Å². The van der Waals surface area contributed by atoms with Crippen LogP contribution in [0.3, 0.4) is 0 Å². The largest absolute Gasteiger partial charge is 0.408 e. The Kier molecular flexibility index (Phi) is 3.83. The van der Waals surface area contributed by atoms with Crippen LogP contribution in [0.15, 0.2) is 17.3 Å². The Labute approximate surface area is 108 Å². The highest BCUT2D eigenvalue weighted by atomic mass is 32.2. The number of hydrogen-bond donors (Lipinski definition) is 1. The molecule has 2 heterocycles. The van der Waals surface area contributed by atoms with E-state index in [1.54, 1.807) is 0 Å². The summed E-state index contributed by atoms with van der Waals surface area (Å²) in [5.74, 6) is 0. The van der Waals surface area contributed by atoms with Crippen LogP contribution >= 0.6 is 0 Å². The van der Waals surface area contributed by atoms with Gasteiger partial charge in [-0.05, 0) is 0 Å². The normalized spacial score (nSPS) is 18.7. The van der Waals surface area contributed by atoms with Crippen LogP contribution in [0, 0.1) is 0 Å². The average Bonchev–Trinajstić information content (AvgIpc) is 2.77. The molecule has 1 aromatic heterocycles. The number of sulfonamides is 1. The van der Waals surface area contributed by atoms with Crippen molar-refractivity contribution >= 4 is 10.0 Å². The molecule has 2 rings (SSSR count). The maximum atomic E-state index is 12.2. The van der Waals surface area contributed by atoms with E-state index in [9.17, 15) is 21.6 Å². The molecule has 0 bridgehead atoms. The lowest BCUT2D eigenvalue weighted by Gasteiger charge is -2.25. The van der Waals surface area contributed by atoms with Crippen LogP contribution in [0.5, 0.6) is 0 Å². The summed E-state index contributed by atoms with van der Waals surface area (Å²) in [6.45, 7) is 0.343. The first-order valence-corrected chi connectivity index (χ1v) is 7.03. The van der Waals surface area contributed by atoms with Crippen LogP contribution in [-0.2, 0) is 16.6 Å². The van der Waals surface area contributed by atoms with Gasteiger partial charge in [-0.3, -0.25) is 4.68 Å². The second-order valence-corrected chi connectivity index (χ2v) is 6.08. The Morgan fingerprint density at radius 2 is 1.95 bits per heavy atom. The Morgan fingerprint density at radius 1 is 1.32 bits per heavy atom. The molecule has 0 aliphatic carbocycles. The van der Waals surface area contributed by atoms with Crippen molar-refractivity contribution in [3.63, 3.8) is 0 Å². The molecule has 1 saturated heterocycles. The lowest BCUT2D eigenvalue weighted by atomic mass is 10.4. The van der Waals surface area contributed by atoms with Crippen molar-refractivity contribution in [2.75, 3.05) is 26.2 Å². The minimum Gasteiger partial charge on any atom is -0.314 e. The fraction of sp³-hybridized carbons (Fsp3) is 0.667. The van der Waals surface area contributed by atoms with E-state index in [0.717, 1.165) is 12.4 Å². The van der Waals surface area contributed by atoms with Crippen LogP contribution in [0.2, 0.25) is 0 Å². The van der Waals surface area contributed by atoms with Gasteiger partial charge in [-0.15, -0.1) is 0 Å². The van der Waals surface area contributed by atoms with E-state index in [1.165, 1.54) is 4.31 Å². The second kappa shape index (κ2) is 5.10. The fourth-order valence-electron chi connectivity index (χ4n) is 1.78. The van der Waals surface area contributed by atoms with E-state index >= 15 is 0 Å². The quantitative estimate of drug-likeness (QED) is 0.855. The zero-order chi connectivity index (χ0) is 14.1. The van der Waals surface area contributed by atoms with Gasteiger partial charge in [-0.2, -0.15) is 22.6 Å². The number of nitrogens with zero attached hydrogens (tertiary/aromatic N) is 3. The van der Waals surface area contributed by atoms with E-state index < -0.39 is 22.7 Å². The summed E-state index contributed by atoms with van der Waals surface area (Å²) in [7, 11) is -3.75. The molecule has 1 N–H and O–H groups in total. The molecule has 0 radical (unpaired) electrons. The van der Waals surface area contributed by atoms with Gasteiger partial charge >= 0.3 is 6.18 Å². The summed E-state index contributed by atoms with van der Waals surface area (Å²) >= 11 is 0. The van der Waals surface area contributed by atoms with Gasteiger partial charge in [0.2, 0.25) is 10.0 Å². The van der Waals surface area contributed by atoms with Gasteiger partial charge in [-0.1, -0.05) is 0 Å². The molecule has 1 aliphatic heterocycles. The molecule has 0 amide bonds. The van der Waals surface area contributed by atoms with Gasteiger partial charge in [0, 0.05) is 32.4 Å². The minimum absolute atomic E-state index is 0.210. The molecule has 0 aromatic carbocycles. The summed E-state index contributed by atoms with van der Waals surface area (Å²) in [5.41, 5.74) is 0. The first kappa shape index (κ1) is 14.3. The van der Waals surface area contributed by atoms with Crippen molar-refractivity contribution in [2.45, 2.75) is 17.6 Å². The number of piperazine rings is 1. The average molecular weight is 298 g/mol. The third-order valence-corrected chi connectivity index (χ3v) is 4.52. The van der Waals surface area contributed by atoms with Crippen LogP contribution in [0.4, 0.5) is 13.2 Å². The zero-order valence-corrected chi connectivity index (χ0v) is 10.7. The SMILES string of the molecule is O=S(=O)(c1cnn(CC(F)(F)F)c1)N1CCNCC1. The molecule has 0 unspecified atom stereocenters. The molecule has 0 spiro atoms. The van der Waals surface area contributed by atoms with Crippen molar-refractivity contribution in [1.29, 1.82) is 0 Å². The molecule has 1 fully saturated rings. The predicted octanol–water partition coefficient (Wildman–Crippen LogP) is 0.0393. The van der Waals surface area contributed by atoms with Gasteiger partial charge in [0.15, 0.2) is 0 Å². The first-order valence-electron chi connectivity index (χ1n) is 5.59. The van der Waals surface area contributed by atoms with E-state index in [2.05, 4.69) is 10.4 Å². The van der Waals surface area contributed by atoms with Gasteiger partial charge in [0.1, 0.15) is 11.4 Å². The van der Waals surface area contributed by atoms with Gasteiger partial charge in [0.05, 0.1) is 6.20 Å². The number of aromatic nitrogens is 2. The summed E-state index contributed by atoms with van der Waals surface area (Å²) in [6.07, 6.45) is -2.57.